The Kier molecular flexibility index (Phi) is 6.68. The molecule has 2 N–H and O–H groups in total. The molecule has 1 amide bonds. The van der Waals surface area contributed by atoms with E-state index < -0.39 is 15.9 Å². The maximum absolute atomic E-state index is 12.2. The Hall–Kier alpha value is -1.54. The standard InChI is InChI=1S/C16H17ClN2O3S2/c1-18-24(21,22)13-7-8-15(17)14(11-13)16(20)19-9-10-23-12-5-3-2-4-6-12/h2-8,11,18H,9-10H2,1H3,(H,19,20). The molecule has 2 aromatic rings. The molecule has 0 saturated carbocycles. The highest BCUT2D eigenvalue weighted by atomic mass is 35.5. The molecule has 0 aliphatic carbocycles. The number of hydrogen-bond acceptors (Lipinski definition) is 4. The number of halogens is 1. The van der Waals surface area contributed by atoms with Crippen molar-refractivity contribution in [3.05, 3.63) is 59.1 Å². The average Bonchev–Trinajstić information content (AvgIpc) is 2.59. The SMILES string of the molecule is CNS(=O)(=O)c1ccc(Cl)c(C(=O)NCCSc2ccccc2)c1. The van der Waals surface area contributed by atoms with Gasteiger partial charge in [0, 0.05) is 17.2 Å². The minimum atomic E-state index is -3.62. The molecule has 0 aliphatic rings. The maximum atomic E-state index is 12.2. The molecule has 2 aromatic carbocycles. The fourth-order valence-electron chi connectivity index (χ4n) is 1.91. The summed E-state index contributed by atoms with van der Waals surface area (Å²) in [6.45, 7) is 0.442. The predicted octanol–water partition coefficient (Wildman–Crippen LogP) is 2.77. The smallest absolute Gasteiger partial charge is 0.252 e. The first-order valence-corrected chi connectivity index (χ1v) is 9.98. The molecule has 0 aromatic heterocycles. The number of benzene rings is 2. The number of carbonyl (C=O) groups excluding carboxylic acids is 1. The topological polar surface area (TPSA) is 75.3 Å². The van der Waals surface area contributed by atoms with Crippen LogP contribution >= 0.6 is 23.4 Å². The summed E-state index contributed by atoms with van der Waals surface area (Å²) in [6.07, 6.45) is 0. The number of sulfonamides is 1. The van der Waals surface area contributed by atoms with E-state index in [0.717, 1.165) is 4.90 Å². The van der Waals surface area contributed by atoms with E-state index in [-0.39, 0.29) is 15.5 Å². The van der Waals surface area contributed by atoms with E-state index in [0.29, 0.717) is 12.3 Å². The Morgan fingerprint density at radius 1 is 1.17 bits per heavy atom. The molecular formula is C16H17ClN2O3S2. The summed E-state index contributed by atoms with van der Waals surface area (Å²) in [5.41, 5.74) is 0.137. The van der Waals surface area contributed by atoms with Gasteiger partial charge >= 0.3 is 0 Å². The molecule has 2 rings (SSSR count). The largest absolute Gasteiger partial charge is 0.351 e. The Morgan fingerprint density at radius 2 is 1.88 bits per heavy atom. The highest BCUT2D eigenvalue weighted by Gasteiger charge is 2.17. The molecule has 0 unspecified atom stereocenters. The second-order valence-corrected chi connectivity index (χ2v) is 8.23. The Bertz CT molecular complexity index is 811. The van der Waals surface area contributed by atoms with Gasteiger partial charge in [0.15, 0.2) is 0 Å². The van der Waals surface area contributed by atoms with Crippen LogP contribution < -0.4 is 10.0 Å². The van der Waals surface area contributed by atoms with E-state index in [2.05, 4.69) is 10.0 Å². The van der Waals surface area contributed by atoms with Crippen LogP contribution in [0.2, 0.25) is 5.02 Å². The molecule has 24 heavy (non-hydrogen) atoms. The van der Waals surface area contributed by atoms with Crippen molar-refractivity contribution < 1.29 is 13.2 Å². The van der Waals surface area contributed by atoms with Crippen LogP contribution in [0.15, 0.2) is 58.3 Å². The van der Waals surface area contributed by atoms with Gasteiger partial charge in [-0.05, 0) is 37.4 Å². The van der Waals surface area contributed by atoms with Crippen LogP contribution in [0.1, 0.15) is 10.4 Å². The van der Waals surface area contributed by atoms with E-state index in [9.17, 15) is 13.2 Å². The van der Waals surface area contributed by atoms with Crippen LogP contribution in [-0.4, -0.2) is 33.7 Å². The van der Waals surface area contributed by atoms with Crippen LogP contribution in [0.4, 0.5) is 0 Å². The lowest BCUT2D eigenvalue weighted by molar-refractivity contribution is 0.0956. The third-order valence-electron chi connectivity index (χ3n) is 3.16. The van der Waals surface area contributed by atoms with E-state index in [1.165, 1.54) is 25.2 Å². The summed E-state index contributed by atoms with van der Waals surface area (Å²) in [5.74, 6) is 0.295. The van der Waals surface area contributed by atoms with Gasteiger partial charge in [-0.1, -0.05) is 29.8 Å². The Labute approximate surface area is 150 Å². The third-order valence-corrected chi connectivity index (χ3v) is 5.92. The molecular weight excluding hydrogens is 368 g/mol. The predicted molar refractivity (Wildman–Crippen MR) is 97.2 cm³/mol. The molecule has 8 heteroatoms. The third kappa shape index (κ3) is 4.98. The van der Waals surface area contributed by atoms with Crippen molar-refractivity contribution in [3.63, 3.8) is 0 Å². The number of thioether (sulfide) groups is 1. The van der Waals surface area contributed by atoms with Gasteiger partial charge in [-0.3, -0.25) is 4.79 Å². The highest BCUT2D eigenvalue weighted by Crippen LogP contribution is 2.21. The summed E-state index contributed by atoms with van der Waals surface area (Å²) in [4.78, 5) is 13.3. The molecule has 128 valence electrons. The van der Waals surface area contributed by atoms with Gasteiger partial charge in [-0.25, -0.2) is 13.1 Å². The second-order valence-electron chi connectivity index (χ2n) is 4.77. The number of rotatable bonds is 7. The fourth-order valence-corrected chi connectivity index (χ4v) is 3.66. The lowest BCUT2D eigenvalue weighted by atomic mass is 10.2. The van der Waals surface area contributed by atoms with E-state index in [1.807, 2.05) is 30.3 Å². The van der Waals surface area contributed by atoms with Gasteiger partial charge in [0.1, 0.15) is 0 Å². The van der Waals surface area contributed by atoms with Crippen LogP contribution in [0.3, 0.4) is 0 Å². The Morgan fingerprint density at radius 3 is 2.54 bits per heavy atom. The van der Waals surface area contributed by atoms with Crippen molar-refractivity contribution in [2.24, 2.45) is 0 Å². The van der Waals surface area contributed by atoms with E-state index >= 15 is 0 Å². The highest BCUT2D eigenvalue weighted by molar-refractivity contribution is 7.99. The first-order chi connectivity index (χ1) is 11.4. The summed E-state index contributed by atoms with van der Waals surface area (Å²) in [5, 5.41) is 2.95. The van der Waals surface area contributed by atoms with Crippen molar-refractivity contribution in [1.82, 2.24) is 10.0 Å². The lowest BCUT2D eigenvalue weighted by Gasteiger charge is -2.09. The van der Waals surface area contributed by atoms with Gasteiger partial charge in [-0.15, -0.1) is 11.8 Å². The first kappa shape index (κ1) is 18.8. The summed E-state index contributed by atoms with van der Waals surface area (Å²) >= 11 is 7.63. The fraction of sp³-hybridized carbons (Fsp3) is 0.188. The molecule has 0 spiro atoms. The van der Waals surface area contributed by atoms with Crippen molar-refractivity contribution in [1.29, 1.82) is 0 Å². The van der Waals surface area contributed by atoms with Crippen LogP contribution in [0.5, 0.6) is 0 Å². The number of nitrogens with one attached hydrogen (secondary N) is 2. The van der Waals surface area contributed by atoms with Crippen molar-refractivity contribution in [2.45, 2.75) is 9.79 Å². The van der Waals surface area contributed by atoms with E-state index in [4.69, 9.17) is 11.6 Å². The zero-order valence-electron chi connectivity index (χ0n) is 13.0. The zero-order chi connectivity index (χ0) is 17.6. The first-order valence-electron chi connectivity index (χ1n) is 7.13. The molecule has 0 heterocycles. The van der Waals surface area contributed by atoms with Crippen LogP contribution in [-0.2, 0) is 10.0 Å². The van der Waals surface area contributed by atoms with Crippen LogP contribution in [0.25, 0.3) is 0 Å². The minimum absolute atomic E-state index is 0.00166. The summed E-state index contributed by atoms with van der Waals surface area (Å²) < 4.78 is 25.8. The van der Waals surface area contributed by atoms with Gasteiger partial charge in [0.05, 0.1) is 15.5 Å². The van der Waals surface area contributed by atoms with Crippen molar-refractivity contribution in [2.75, 3.05) is 19.3 Å². The normalized spacial score (nSPS) is 11.2. The molecule has 0 atom stereocenters. The van der Waals surface area contributed by atoms with Gasteiger partial charge in [0.25, 0.3) is 5.91 Å². The van der Waals surface area contributed by atoms with Crippen molar-refractivity contribution in [3.8, 4) is 0 Å². The summed E-state index contributed by atoms with van der Waals surface area (Å²) in [7, 11) is -2.31. The molecule has 0 radical (unpaired) electrons. The molecule has 0 saturated heterocycles. The maximum Gasteiger partial charge on any atom is 0.252 e. The average molecular weight is 385 g/mol. The van der Waals surface area contributed by atoms with Gasteiger partial charge in [-0.2, -0.15) is 0 Å². The molecule has 0 aliphatic heterocycles. The quantitative estimate of drug-likeness (QED) is 0.568. The summed E-state index contributed by atoms with van der Waals surface area (Å²) in [6, 6.07) is 13.9. The molecule has 0 fully saturated rings. The lowest BCUT2D eigenvalue weighted by Crippen LogP contribution is -2.26. The minimum Gasteiger partial charge on any atom is -0.351 e. The molecule has 0 bridgehead atoms. The second kappa shape index (κ2) is 8.53. The Balaban J connectivity index is 1.98. The van der Waals surface area contributed by atoms with E-state index in [1.54, 1.807) is 11.8 Å². The molecule has 5 nitrogen and oxygen atoms in total. The number of amides is 1. The zero-order valence-corrected chi connectivity index (χ0v) is 15.3. The number of carbonyl (C=O) groups is 1. The van der Waals surface area contributed by atoms with Crippen LogP contribution in [0, 0.1) is 0 Å². The van der Waals surface area contributed by atoms with Gasteiger partial charge < -0.3 is 5.32 Å². The number of hydrogen-bond donors (Lipinski definition) is 2. The monoisotopic (exact) mass is 384 g/mol. The van der Waals surface area contributed by atoms with Gasteiger partial charge in [0.2, 0.25) is 10.0 Å². The van der Waals surface area contributed by atoms with Crippen molar-refractivity contribution >= 4 is 39.3 Å².